The molecular weight excluding hydrogens is 380 g/mol. The summed E-state index contributed by atoms with van der Waals surface area (Å²) in [6.45, 7) is 5.52. The molecule has 1 fully saturated rings. The molecule has 0 radical (unpaired) electrons. The standard InChI is InChI=1S/C20H23F2N5S/c1-14-2-4-15(5-3-14)13-26-6-8-27(9-7-26)19-17(21)10-16(11-18(19)22)12-24-25-20(23)28/h2-5,10-12H,6-9,13H2,1H3,(H3,23,25,28)/b24-12+. The van der Waals surface area contributed by atoms with E-state index in [9.17, 15) is 8.78 Å². The number of hydrogen-bond acceptors (Lipinski definition) is 4. The van der Waals surface area contributed by atoms with E-state index in [2.05, 4.69) is 58.8 Å². The first-order chi connectivity index (χ1) is 13.4. The average Bonchev–Trinajstić information content (AvgIpc) is 2.64. The second kappa shape index (κ2) is 9.07. The van der Waals surface area contributed by atoms with E-state index in [0.717, 1.165) is 19.6 Å². The Bertz CT molecular complexity index is 838. The molecule has 0 atom stereocenters. The number of nitrogens with two attached hydrogens (primary N) is 1. The molecule has 28 heavy (non-hydrogen) atoms. The summed E-state index contributed by atoms with van der Waals surface area (Å²) < 4.78 is 29.1. The zero-order chi connectivity index (χ0) is 20.1. The van der Waals surface area contributed by atoms with E-state index in [1.165, 1.54) is 29.5 Å². The van der Waals surface area contributed by atoms with Crippen molar-refractivity contribution in [1.82, 2.24) is 10.3 Å². The molecule has 0 bridgehead atoms. The number of halogens is 2. The van der Waals surface area contributed by atoms with Crippen molar-refractivity contribution in [3.63, 3.8) is 0 Å². The van der Waals surface area contributed by atoms with Gasteiger partial charge < -0.3 is 10.6 Å². The molecule has 2 aromatic carbocycles. The van der Waals surface area contributed by atoms with Crippen LogP contribution in [0.3, 0.4) is 0 Å². The van der Waals surface area contributed by atoms with Gasteiger partial charge in [0.15, 0.2) is 5.11 Å². The number of piperazine rings is 1. The lowest BCUT2D eigenvalue weighted by Crippen LogP contribution is -2.46. The van der Waals surface area contributed by atoms with E-state index in [-0.39, 0.29) is 10.8 Å². The summed E-state index contributed by atoms with van der Waals surface area (Å²) in [6.07, 6.45) is 1.27. The number of rotatable bonds is 5. The molecule has 0 spiro atoms. The number of benzene rings is 2. The maximum absolute atomic E-state index is 14.5. The van der Waals surface area contributed by atoms with Gasteiger partial charge in [0.2, 0.25) is 0 Å². The van der Waals surface area contributed by atoms with Crippen molar-refractivity contribution in [2.45, 2.75) is 13.5 Å². The number of nitrogens with zero attached hydrogens (tertiary/aromatic N) is 3. The van der Waals surface area contributed by atoms with Crippen LogP contribution in [0, 0.1) is 18.6 Å². The van der Waals surface area contributed by atoms with Crippen LogP contribution in [0.15, 0.2) is 41.5 Å². The van der Waals surface area contributed by atoms with Crippen molar-refractivity contribution in [2.75, 3.05) is 31.1 Å². The molecule has 5 nitrogen and oxygen atoms in total. The molecule has 2 aromatic rings. The van der Waals surface area contributed by atoms with E-state index in [4.69, 9.17) is 5.73 Å². The first-order valence-electron chi connectivity index (χ1n) is 9.03. The Balaban J connectivity index is 1.62. The second-order valence-electron chi connectivity index (χ2n) is 6.82. The van der Waals surface area contributed by atoms with Crippen LogP contribution in [-0.4, -0.2) is 42.4 Å². The smallest absolute Gasteiger partial charge is 0.184 e. The van der Waals surface area contributed by atoms with Gasteiger partial charge in [-0.05, 0) is 36.8 Å². The van der Waals surface area contributed by atoms with E-state index in [1.807, 2.05) is 0 Å². The van der Waals surface area contributed by atoms with Crippen molar-refractivity contribution in [1.29, 1.82) is 0 Å². The number of aryl methyl sites for hydroxylation is 1. The minimum atomic E-state index is -0.608. The van der Waals surface area contributed by atoms with Crippen molar-refractivity contribution >= 4 is 29.2 Å². The zero-order valence-corrected chi connectivity index (χ0v) is 16.5. The van der Waals surface area contributed by atoms with Gasteiger partial charge in [-0.2, -0.15) is 5.10 Å². The number of anilines is 1. The molecule has 1 aliphatic heterocycles. The summed E-state index contributed by atoms with van der Waals surface area (Å²) in [4.78, 5) is 4.05. The van der Waals surface area contributed by atoms with Crippen LogP contribution < -0.4 is 16.1 Å². The molecule has 0 unspecified atom stereocenters. The van der Waals surface area contributed by atoms with Crippen LogP contribution in [0.2, 0.25) is 0 Å². The predicted molar refractivity (Wildman–Crippen MR) is 113 cm³/mol. The van der Waals surface area contributed by atoms with Gasteiger partial charge in [0.05, 0.1) is 6.21 Å². The highest BCUT2D eigenvalue weighted by atomic mass is 32.1. The molecule has 3 N–H and O–H groups in total. The Hall–Kier alpha value is -2.58. The second-order valence-corrected chi connectivity index (χ2v) is 7.26. The lowest BCUT2D eigenvalue weighted by molar-refractivity contribution is 0.248. The first kappa shape index (κ1) is 20.2. The number of thiocarbonyl (C=S) groups is 1. The van der Waals surface area contributed by atoms with Gasteiger partial charge >= 0.3 is 0 Å². The number of hydrazone groups is 1. The van der Waals surface area contributed by atoms with Crippen molar-refractivity contribution in [3.05, 3.63) is 64.7 Å². The van der Waals surface area contributed by atoms with Gasteiger partial charge in [-0.15, -0.1) is 0 Å². The third kappa shape index (κ3) is 5.24. The van der Waals surface area contributed by atoms with E-state index < -0.39 is 11.6 Å². The Morgan fingerprint density at radius 3 is 2.32 bits per heavy atom. The lowest BCUT2D eigenvalue weighted by atomic mass is 10.1. The normalized spacial score (nSPS) is 15.2. The molecule has 148 valence electrons. The largest absolute Gasteiger partial charge is 0.375 e. The Labute approximate surface area is 168 Å². The van der Waals surface area contributed by atoms with E-state index in [1.54, 1.807) is 4.90 Å². The lowest BCUT2D eigenvalue weighted by Gasteiger charge is -2.36. The Morgan fingerprint density at radius 2 is 1.75 bits per heavy atom. The molecule has 1 heterocycles. The van der Waals surface area contributed by atoms with Gasteiger partial charge in [0.25, 0.3) is 0 Å². The maximum Gasteiger partial charge on any atom is 0.184 e. The van der Waals surface area contributed by atoms with Crippen LogP contribution in [-0.2, 0) is 6.54 Å². The number of hydrogen-bond donors (Lipinski definition) is 2. The predicted octanol–water partition coefficient (Wildman–Crippen LogP) is 2.76. The van der Waals surface area contributed by atoms with Crippen LogP contribution >= 0.6 is 12.2 Å². The van der Waals surface area contributed by atoms with Crippen molar-refractivity contribution < 1.29 is 8.78 Å². The molecular formula is C20H23F2N5S. The minimum Gasteiger partial charge on any atom is -0.375 e. The summed E-state index contributed by atoms with van der Waals surface area (Å²) in [6, 6.07) is 10.9. The van der Waals surface area contributed by atoms with E-state index in [0.29, 0.717) is 18.7 Å². The summed E-state index contributed by atoms with van der Waals surface area (Å²) in [5.41, 5.74) is 10.4. The van der Waals surface area contributed by atoms with Crippen molar-refractivity contribution in [3.8, 4) is 0 Å². The molecule has 0 saturated carbocycles. The average molecular weight is 404 g/mol. The minimum absolute atomic E-state index is 0.00874. The Morgan fingerprint density at radius 1 is 1.14 bits per heavy atom. The zero-order valence-electron chi connectivity index (χ0n) is 15.7. The molecule has 0 aliphatic carbocycles. The summed E-state index contributed by atoms with van der Waals surface area (Å²) >= 11 is 4.62. The van der Waals surface area contributed by atoms with E-state index >= 15 is 0 Å². The topological polar surface area (TPSA) is 56.9 Å². The summed E-state index contributed by atoms with van der Waals surface area (Å²) in [5, 5.41) is 3.71. The third-order valence-corrected chi connectivity index (χ3v) is 4.73. The summed E-state index contributed by atoms with van der Waals surface area (Å²) in [5.74, 6) is -1.22. The summed E-state index contributed by atoms with van der Waals surface area (Å²) in [7, 11) is 0. The fraction of sp³-hybridized carbons (Fsp3) is 0.300. The molecule has 8 heteroatoms. The van der Waals surface area contributed by atoms with Crippen LogP contribution in [0.25, 0.3) is 0 Å². The highest BCUT2D eigenvalue weighted by Gasteiger charge is 2.23. The molecule has 3 rings (SSSR count). The SMILES string of the molecule is Cc1ccc(CN2CCN(c3c(F)cc(/C=N/NC(N)=S)cc3F)CC2)cc1. The number of nitrogens with one attached hydrogen (secondary N) is 1. The molecule has 0 amide bonds. The highest BCUT2D eigenvalue weighted by Crippen LogP contribution is 2.26. The monoisotopic (exact) mass is 403 g/mol. The first-order valence-corrected chi connectivity index (χ1v) is 9.43. The molecule has 0 aromatic heterocycles. The quantitative estimate of drug-likeness (QED) is 0.457. The van der Waals surface area contributed by atoms with Crippen LogP contribution in [0.5, 0.6) is 0 Å². The van der Waals surface area contributed by atoms with Gasteiger partial charge in [0.1, 0.15) is 17.3 Å². The Kier molecular flexibility index (Phi) is 6.53. The molecule has 1 saturated heterocycles. The molecule has 1 aliphatic rings. The highest BCUT2D eigenvalue weighted by molar-refractivity contribution is 7.80. The van der Waals surface area contributed by atoms with Gasteiger partial charge in [-0.1, -0.05) is 29.8 Å². The van der Waals surface area contributed by atoms with Crippen LogP contribution in [0.4, 0.5) is 14.5 Å². The fourth-order valence-corrected chi connectivity index (χ4v) is 3.27. The fourth-order valence-electron chi connectivity index (χ4n) is 3.21. The van der Waals surface area contributed by atoms with Crippen molar-refractivity contribution in [2.24, 2.45) is 10.8 Å². The van der Waals surface area contributed by atoms with Crippen LogP contribution in [0.1, 0.15) is 16.7 Å². The third-order valence-electron chi connectivity index (χ3n) is 4.64. The van der Waals surface area contributed by atoms with Gasteiger partial charge in [-0.25, -0.2) is 8.78 Å². The van der Waals surface area contributed by atoms with Gasteiger partial charge in [0, 0.05) is 38.3 Å². The van der Waals surface area contributed by atoms with Gasteiger partial charge in [-0.3, -0.25) is 10.3 Å². The maximum atomic E-state index is 14.5.